The Kier molecular flexibility index (Phi) is 4.91. The van der Waals surface area contributed by atoms with Gasteiger partial charge in [0.05, 0.1) is 11.7 Å². The number of aliphatic hydroxyl groups is 1. The molecule has 0 aliphatic carbocycles. The van der Waals surface area contributed by atoms with Crippen LogP contribution in [0, 0.1) is 0 Å². The summed E-state index contributed by atoms with van der Waals surface area (Å²) < 4.78 is 39.0. The van der Waals surface area contributed by atoms with Gasteiger partial charge < -0.3 is 14.9 Å². The van der Waals surface area contributed by atoms with E-state index in [0.717, 1.165) is 25.7 Å². The van der Waals surface area contributed by atoms with E-state index >= 15 is 0 Å². The van der Waals surface area contributed by atoms with Gasteiger partial charge in [-0.05, 0) is 32.1 Å². The molecule has 2 rings (SSSR count). The van der Waals surface area contributed by atoms with Crippen molar-refractivity contribution in [1.29, 1.82) is 0 Å². The van der Waals surface area contributed by atoms with E-state index < -0.39 is 17.8 Å². The fourth-order valence-electron chi connectivity index (χ4n) is 2.79. The van der Waals surface area contributed by atoms with Crippen molar-refractivity contribution >= 4 is 0 Å². The molecule has 21 heavy (non-hydrogen) atoms. The monoisotopic (exact) mass is 302 g/mol. The molecule has 1 aliphatic rings. The molecule has 0 saturated carbocycles. The summed E-state index contributed by atoms with van der Waals surface area (Å²) in [5, 5.41) is 10.3. The van der Waals surface area contributed by atoms with E-state index in [0.29, 0.717) is 6.42 Å². The number of halogens is 3. The molecule has 0 radical (unpaired) electrons. The van der Waals surface area contributed by atoms with E-state index in [1.165, 1.54) is 18.2 Å². The smallest absolute Gasteiger partial charge is 0.388 e. The van der Waals surface area contributed by atoms with Crippen molar-refractivity contribution in [2.24, 2.45) is 0 Å². The van der Waals surface area contributed by atoms with Crippen LogP contribution < -0.4 is 0 Å². The minimum absolute atomic E-state index is 0.0355. The molecule has 1 N–H and O–H groups in total. The van der Waals surface area contributed by atoms with Gasteiger partial charge in [0.1, 0.15) is 0 Å². The Morgan fingerprint density at radius 1 is 1.24 bits per heavy atom. The van der Waals surface area contributed by atoms with Crippen LogP contribution in [-0.4, -0.2) is 54.7 Å². The topological polar surface area (TPSA) is 26.7 Å². The van der Waals surface area contributed by atoms with Crippen LogP contribution in [0.4, 0.5) is 13.2 Å². The number of aliphatic hydroxyl groups excluding tert-OH is 1. The number of hydrogen-bond donors (Lipinski definition) is 1. The van der Waals surface area contributed by atoms with Gasteiger partial charge in [0.15, 0.2) is 0 Å². The third-order valence-corrected chi connectivity index (χ3v) is 4.10. The number of hydrogen-bond acceptors (Lipinski definition) is 3. The van der Waals surface area contributed by atoms with Crippen LogP contribution in [-0.2, 0) is 6.18 Å². The molecule has 1 aromatic rings. The molecule has 2 atom stereocenters. The van der Waals surface area contributed by atoms with Gasteiger partial charge in [-0.15, -0.1) is 0 Å². The highest BCUT2D eigenvalue weighted by Crippen LogP contribution is 2.36. The Labute approximate surface area is 123 Å². The molecule has 6 heteroatoms. The van der Waals surface area contributed by atoms with Crippen molar-refractivity contribution in [3.8, 4) is 0 Å². The quantitative estimate of drug-likeness (QED) is 0.928. The van der Waals surface area contributed by atoms with Crippen LogP contribution in [0.25, 0.3) is 0 Å². The number of rotatable bonds is 3. The van der Waals surface area contributed by atoms with E-state index in [-0.39, 0.29) is 11.6 Å². The molecule has 1 fully saturated rings. The molecular weight excluding hydrogens is 281 g/mol. The number of benzene rings is 1. The van der Waals surface area contributed by atoms with Crippen molar-refractivity contribution in [2.45, 2.75) is 24.7 Å². The predicted octanol–water partition coefficient (Wildman–Crippen LogP) is 2.37. The van der Waals surface area contributed by atoms with Crippen LogP contribution in [0.3, 0.4) is 0 Å². The molecule has 1 saturated heterocycles. The average molecular weight is 302 g/mol. The van der Waals surface area contributed by atoms with Crippen molar-refractivity contribution in [3.05, 3.63) is 35.4 Å². The summed E-state index contributed by atoms with van der Waals surface area (Å²) in [5.41, 5.74) is -0.782. The first kappa shape index (κ1) is 16.3. The largest absolute Gasteiger partial charge is 0.416 e. The van der Waals surface area contributed by atoms with E-state index in [4.69, 9.17) is 0 Å². The summed E-state index contributed by atoms with van der Waals surface area (Å²) in [4.78, 5) is 4.23. The fraction of sp³-hybridized carbons (Fsp3) is 0.600. The fourth-order valence-corrected chi connectivity index (χ4v) is 2.79. The SMILES string of the molecule is CN1CCN(C)C(CC(O)c2ccccc2C(F)(F)F)C1. The van der Waals surface area contributed by atoms with E-state index in [1.54, 1.807) is 0 Å². The lowest BCUT2D eigenvalue weighted by molar-refractivity contribution is -0.139. The van der Waals surface area contributed by atoms with Crippen LogP contribution in [0.2, 0.25) is 0 Å². The lowest BCUT2D eigenvalue weighted by Crippen LogP contribution is -2.50. The zero-order valence-corrected chi connectivity index (χ0v) is 12.3. The lowest BCUT2D eigenvalue weighted by Gasteiger charge is -2.38. The van der Waals surface area contributed by atoms with Gasteiger partial charge in [0.25, 0.3) is 0 Å². The molecule has 0 amide bonds. The number of alkyl halides is 3. The van der Waals surface area contributed by atoms with Gasteiger partial charge in [-0.3, -0.25) is 0 Å². The normalized spacial score (nSPS) is 23.2. The van der Waals surface area contributed by atoms with E-state index in [1.807, 2.05) is 14.1 Å². The second-order valence-electron chi connectivity index (χ2n) is 5.73. The number of likely N-dealkylation sites (N-methyl/N-ethyl adjacent to an activating group) is 2. The summed E-state index contributed by atoms with van der Waals surface area (Å²) in [7, 11) is 3.93. The van der Waals surface area contributed by atoms with Crippen LogP contribution in [0.1, 0.15) is 23.7 Å². The molecule has 1 aliphatic heterocycles. The Hall–Kier alpha value is -1.11. The Morgan fingerprint density at radius 3 is 2.57 bits per heavy atom. The van der Waals surface area contributed by atoms with Crippen LogP contribution >= 0.6 is 0 Å². The second kappa shape index (κ2) is 6.34. The third kappa shape index (κ3) is 3.96. The van der Waals surface area contributed by atoms with Gasteiger partial charge >= 0.3 is 6.18 Å². The van der Waals surface area contributed by atoms with Crippen LogP contribution in [0.15, 0.2) is 24.3 Å². The first-order valence-electron chi connectivity index (χ1n) is 7.02. The highest BCUT2D eigenvalue weighted by atomic mass is 19.4. The van der Waals surface area contributed by atoms with Gasteiger partial charge in [-0.25, -0.2) is 0 Å². The third-order valence-electron chi connectivity index (χ3n) is 4.10. The zero-order chi connectivity index (χ0) is 15.6. The Morgan fingerprint density at radius 2 is 1.90 bits per heavy atom. The molecule has 0 bridgehead atoms. The van der Waals surface area contributed by atoms with E-state index in [9.17, 15) is 18.3 Å². The van der Waals surface area contributed by atoms with Crippen molar-refractivity contribution in [1.82, 2.24) is 9.80 Å². The first-order valence-corrected chi connectivity index (χ1v) is 7.02. The van der Waals surface area contributed by atoms with Gasteiger partial charge in [-0.2, -0.15) is 13.2 Å². The summed E-state index contributed by atoms with van der Waals surface area (Å²) in [5.74, 6) is 0. The van der Waals surface area contributed by atoms with Gasteiger partial charge in [0, 0.05) is 25.7 Å². The Balaban J connectivity index is 2.15. The summed E-state index contributed by atoms with van der Waals surface area (Å²) in [6.45, 7) is 2.54. The molecule has 0 spiro atoms. The minimum atomic E-state index is -4.44. The maximum atomic E-state index is 13.0. The van der Waals surface area contributed by atoms with Crippen LogP contribution in [0.5, 0.6) is 0 Å². The Bertz CT molecular complexity index is 478. The van der Waals surface area contributed by atoms with E-state index in [2.05, 4.69) is 9.80 Å². The molecule has 1 aromatic carbocycles. The molecule has 3 nitrogen and oxygen atoms in total. The zero-order valence-electron chi connectivity index (χ0n) is 12.3. The molecule has 118 valence electrons. The average Bonchev–Trinajstić information content (AvgIpc) is 2.42. The molecule has 2 unspecified atom stereocenters. The summed E-state index contributed by atoms with van der Waals surface area (Å²) >= 11 is 0. The van der Waals surface area contributed by atoms with Gasteiger partial charge in [-0.1, -0.05) is 18.2 Å². The maximum Gasteiger partial charge on any atom is 0.416 e. The highest BCUT2D eigenvalue weighted by Gasteiger charge is 2.35. The molecule has 1 heterocycles. The number of piperazine rings is 1. The summed E-state index contributed by atoms with van der Waals surface area (Å²) in [6.07, 6.45) is -5.25. The first-order chi connectivity index (χ1) is 9.79. The van der Waals surface area contributed by atoms with Crippen molar-refractivity contribution in [2.75, 3.05) is 33.7 Å². The standard InChI is InChI=1S/C15H21F3N2O/c1-19-7-8-20(2)11(10-19)9-14(21)12-5-3-4-6-13(12)15(16,17)18/h3-6,11,14,21H,7-10H2,1-2H3. The van der Waals surface area contributed by atoms with Crippen molar-refractivity contribution in [3.63, 3.8) is 0 Å². The number of nitrogens with zero attached hydrogens (tertiary/aromatic N) is 2. The highest BCUT2D eigenvalue weighted by molar-refractivity contribution is 5.31. The predicted molar refractivity (Wildman–Crippen MR) is 74.9 cm³/mol. The van der Waals surface area contributed by atoms with Crippen molar-refractivity contribution < 1.29 is 18.3 Å². The summed E-state index contributed by atoms with van der Waals surface area (Å²) in [6, 6.07) is 5.32. The molecule has 0 aromatic heterocycles. The van der Waals surface area contributed by atoms with Gasteiger partial charge in [0.2, 0.25) is 0 Å². The molecular formula is C15H21F3N2O. The minimum Gasteiger partial charge on any atom is -0.388 e. The second-order valence-corrected chi connectivity index (χ2v) is 5.73. The lowest BCUT2D eigenvalue weighted by atomic mass is 9.95. The maximum absolute atomic E-state index is 13.0.